The van der Waals surface area contributed by atoms with E-state index in [1.165, 1.54) is 6.07 Å². The fourth-order valence-electron chi connectivity index (χ4n) is 0.635. The summed E-state index contributed by atoms with van der Waals surface area (Å²) in [6.45, 7) is -0.880. The van der Waals surface area contributed by atoms with Crippen LogP contribution in [0, 0.1) is 0 Å². The molecule has 0 aromatic carbocycles. The lowest BCUT2D eigenvalue weighted by Gasteiger charge is -1.88. The molecule has 0 aliphatic carbocycles. The summed E-state index contributed by atoms with van der Waals surface area (Å²) in [5, 5.41) is 8.36. The molecule has 10 heavy (non-hydrogen) atoms. The largest absolute Gasteiger partial charge is 0.478 e. The van der Waals surface area contributed by atoms with Crippen molar-refractivity contribution in [2.75, 3.05) is 0 Å². The Morgan fingerprint density at radius 2 is 2.50 bits per heavy atom. The number of halogens is 1. The van der Waals surface area contributed by atoms with Crippen molar-refractivity contribution in [2.24, 2.45) is 0 Å². The van der Waals surface area contributed by atoms with E-state index in [0.29, 0.717) is 0 Å². The number of carbonyl (C=O) groups is 1. The molecule has 0 bridgehead atoms. The summed E-state index contributed by atoms with van der Waals surface area (Å²) >= 11 is 0. The molecule has 0 radical (unpaired) electrons. The number of hydrogen-bond donors (Lipinski definition) is 1. The predicted octanol–water partition coefficient (Wildman–Crippen LogP) is 1.45. The van der Waals surface area contributed by atoms with E-state index in [1.807, 2.05) is 0 Å². The van der Waals surface area contributed by atoms with Gasteiger partial charge in [-0.25, -0.2) is 9.18 Å². The molecule has 1 aromatic heterocycles. The van der Waals surface area contributed by atoms with Crippen LogP contribution in [0.5, 0.6) is 0 Å². The Morgan fingerprint density at radius 3 is 2.90 bits per heavy atom. The van der Waals surface area contributed by atoms with Crippen LogP contribution in [-0.4, -0.2) is 11.1 Å². The summed E-state index contributed by atoms with van der Waals surface area (Å²) in [6, 6.07) is 1.22. The van der Waals surface area contributed by atoms with E-state index in [4.69, 9.17) is 5.11 Å². The first-order valence-electron chi connectivity index (χ1n) is 2.61. The van der Waals surface area contributed by atoms with E-state index in [9.17, 15) is 9.18 Å². The van der Waals surface area contributed by atoms with Crippen molar-refractivity contribution in [3.63, 3.8) is 0 Å². The van der Waals surface area contributed by atoms with Crippen LogP contribution in [0.25, 0.3) is 0 Å². The lowest BCUT2D eigenvalue weighted by molar-refractivity contribution is 0.0693. The van der Waals surface area contributed by atoms with Crippen molar-refractivity contribution in [3.05, 3.63) is 23.7 Å². The van der Waals surface area contributed by atoms with Crippen molar-refractivity contribution >= 4 is 5.97 Å². The van der Waals surface area contributed by atoms with Crippen molar-refractivity contribution in [1.29, 1.82) is 0 Å². The molecule has 1 heterocycles. The topological polar surface area (TPSA) is 50.4 Å². The second-order valence-corrected chi connectivity index (χ2v) is 1.70. The van der Waals surface area contributed by atoms with Gasteiger partial charge in [0, 0.05) is 0 Å². The maximum atomic E-state index is 11.8. The van der Waals surface area contributed by atoms with Crippen LogP contribution in [0.1, 0.15) is 16.1 Å². The van der Waals surface area contributed by atoms with E-state index in [-0.39, 0.29) is 11.3 Å². The van der Waals surface area contributed by atoms with Gasteiger partial charge in [-0.2, -0.15) is 0 Å². The van der Waals surface area contributed by atoms with Gasteiger partial charge in [0.1, 0.15) is 18.0 Å². The fraction of sp³-hybridized carbons (Fsp3) is 0.167. The van der Waals surface area contributed by atoms with Crippen LogP contribution in [0.4, 0.5) is 4.39 Å². The Labute approximate surface area is 56.1 Å². The predicted molar refractivity (Wildman–Crippen MR) is 30.5 cm³/mol. The van der Waals surface area contributed by atoms with Crippen LogP contribution in [0.3, 0.4) is 0 Å². The Hall–Kier alpha value is -1.32. The Morgan fingerprint density at radius 1 is 1.80 bits per heavy atom. The minimum Gasteiger partial charge on any atom is -0.478 e. The first-order valence-corrected chi connectivity index (χ1v) is 2.61. The third kappa shape index (κ3) is 1.00. The van der Waals surface area contributed by atoms with Gasteiger partial charge in [0.05, 0.1) is 6.26 Å². The van der Waals surface area contributed by atoms with Gasteiger partial charge in [-0.15, -0.1) is 0 Å². The summed E-state index contributed by atoms with van der Waals surface area (Å²) in [5.74, 6) is -1.30. The van der Waals surface area contributed by atoms with Gasteiger partial charge in [0.15, 0.2) is 0 Å². The SMILES string of the molecule is O=C(O)c1ccoc1CF. The third-order valence-electron chi connectivity index (χ3n) is 1.10. The zero-order valence-corrected chi connectivity index (χ0v) is 5.00. The highest BCUT2D eigenvalue weighted by Gasteiger charge is 2.11. The van der Waals surface area contributed by atoms with Crippen molar-refractivity contribution in [2.45, 2.75) is 6.67 Å². The quantitative estimate of drug-likeness (QED) is 0.683. The van der Waals surface area contributed by atoms with Gasteiger partial charge in [-0.3, -0.25) is 0 Å². The summed E-state index contributed by atoms with van der Waals surface area (Å²) in [7, 11) is 0. The molecular weight excluding hydrogens is 139 g/mol. The zero-order valence-electron chi connectivity index (χ0n) is 5.00. The van der Waals surface area contributed by atoms with Gasteiger partial charge in [0.25, 0.3) is 0 Å². The monoisotopic (exact) mass is 144 g/mol. The first-order chi connectivity index (χ1) is 4.75. The van der Waals surface area contributed by atoms with E-state index in [0.717, 1.165) is 6.26 Å². The molecule has 0 unspecified atom stereocenters. The molecule has 0 aliphatic heterocycles. The van der Waals surface area contributed by atoms with Crippen molar-refractivity contribution in [1.82, 2.24) is 0 Å². The number of aromatic carboxylic acids is 1. The van der Waals surface area contributed by atoms with Gasteiger partial charge in [0.2, 0.25) is 0 Å². The van der Waals surface area contributed by atoms with Crippen LogP contribution < -0.4 is 0 Å². The second-order valence-electron chi connectivity index (χ2n) is 1.70. The van der Waals surface area contributed by atoms with E-state index < -0.39 is 12.6 Å². The van der Waals surface area contributed by atoms with Crippen LogP contribution in [-0.2, 0) is 6.67 Å². The molecule has 1 rings (SSSR count). The molecule has 0 spiro atoms. The molecule has 0 saturated heterocycles. The normalized spacial score (nSPS) is 9.70. The van der Waals surface area contributed by atoms with Crippen molar-refractivity contribution in [3.8, 4) is 0 Å². The molecule has 0 fully saturated rings. The average molecular weight is 144 g/mol. The van der Waals surface area contributed by atoms with Crippen LogP contribution >= 0.6 is 0 Å². The van der Waals surface area contributed by atoms with Gasteiger partial charge >= 0.3 is 5.97 Å². The number of carboxylic acids is 1. The summed E-state index contributed by atoms with van der Waals surface area (Å²) in [6.07, 6.45) is 1.15. The molecule has 1 aromatic rings. The molecule has 1 N–H and O–H groups in total. The molecule has 0 atom stereocenters. The maximum absolute atomic E-state index is 11.8. The lowest BCUT2D eigenvalue weighted by Crippen LogP contribution is -1.96. The van der Waals surface area contributed by atoms with Crippen LogP contribution in [0.15, 0.2) is 16.7 Å². The first kappa shape index (κ1) is 6.80. The zero-order chi connectivity index (χ0) is 7.56. The van der Waals surface area contributed by atoms with E-state index >= 15 is 0 Å². The van der Waals surface area contributed by atoms with Crippen molar-refractivity contribution < 1.29 is 18.7 Å². The van der Waals surface area contributed by atoms with Gasteiger partial charge in [-0.05, 0) is 6.07 Å². The molecule has 4 heteroatoms. The Bertz CT molecular complexity index is 241. The van der Waals surface area contributed by atoms with Crippen LogP contribution in [0.2, 0.25) is 0 Å². The number of alkyl halides is 1. The molecule has 0 saturated carbocycles. The highest BCUT2D eigenvalue weighted by atomic mass is 19.1. The second kappa shape index (κ2) is 2.51. The van der Waals surface area contributed by atoms with Gasteiger partial charge < -0.3 is 9.52 Å². The Balaban J connectivity index is 3.01. The molecule has 54 valence electrons. The summed E-state index contributed by atoms with van der Waals surface area (Å²) in [4.78, 5) is 10.2. The molecular formula is C6H5FO3. The highest BCUT2D eigenvalue weighted by Crippen LogP contribution is 2.10. The van der Waals surface area contributed by atoms with E-state index in [1.54, 1.807) is 0 Å². The smallest absolute Gasteiger partial charge is 0.339 e. The molecule has 3 nitrogen and oxygen atoms in total. The third-order valence-corrected chi connectivity index (χ3v) is 1.10. The number of rotatable bonds is 2. The summed E-state index contributed by atoms with van der Waals surface area (Å²) < 4.78 is 16.3. The minimum absolute atomic E-state index is 0.109. The molecule has 0 aliphatic rings. The average Bonchev–Trinajstić information content (AvgIpc) is 2.33. The maximum Gasteiger partial charge on any atom is 0.339 e. The lowest BCUT2D eigenvalue weighted by atomic mass is 10.3. The minimum atomic E-state index is -1.17. The number of carboxylic acid groups (broad SMARTS) is 1. The summed E-state index contributed by atoms with van der Waals surface area (Å²) in [5.41, 5.74) is -0.109. The Kier molecular flexibility index (Phi) is 1.71. The number of hydrogen-bond acceptors (Lipinski definition) is 2. The van der Waals surface area contributed by atoms with Gasteiger partial charge in [-0.1, -0.05) is 0 Å². The number of furan rings is 1. The van der Waals surface area contributed by atoms with E-state index in [2.05, 4.69) is 4.42 Å². The highest BCUT2D eigenvalue weighted by molar-refractivity contribution is 5.88. The molecule has 0 amide bonds. The fourth-order valence-corrected chi connectivity index (χ4v) is 0.635. The standard InChI is InChI=1S/C6H5FO3/c7-3-5-4(6(8)9)1-2-10-5/h1-2H,3H2,(H,8,9).